The van der Waals surface area contributed by atoms with Gasteiger partial charge >= 0.3 is 0 Å². The van der Waals surface area contributed by atoms with Gasteiger partial charge in [-0.05, 0) is 41.8 Å². The number of hydrogen-bond donors (Lipinski definition) is 1. The highest BCUT2D eigenvalue weighted by atomic mass is 19.1. The van der Waals surface area contributed by atoms with Gasteiger partial charge in [0.1, 0.15) is 12.1 Å². The molecule has 0 fully saturated rings. The van der Waals surface area contributed by atoms with E-state index in [0.29, 0.717) is 24.5 Å². The van der Waals surface area contributed by atoms with Crippen molar-refractivity contribution in [3.8, 4) is 11.4 Å². The molecular formula is C20H17FN4O. The monoisotopic (exact) mass is 348 g/mol. The minimum absolute atomic E-state index is 0.0132. The van der Waals surface area contributed by atoms with Gasteiger partial charge in [0, 0.05) is 24.2 Å². The van der Waals surface area contributed by atoms with Crippen LogP contribution >= 0.6 is 0 Å². The smallest absolute Gasteiger partial charge is 0.254 e. The van der Waals surface area contributed by atoms with Crippen molar-refractivity contribution in [2.75, 3.05) is 13.1 Å². The Morgan fingerprint density at radius 1 is 1.12 bits per heavy atom. The molecule has 1 amide bonds. The minimum Gasteiger partial charge on any atom is -0.335 e. The Balaban J connectivity index is 1.50. The molecule has 3 aromatic rings. The molecule has 6 heteroatoms. The molecule has 2 aromatic carbocycles. The number of carbonyl (C=O) groups is 1. The van der Waals surface area contributed by atoms with E-state index in [2.05, 4.69) is 15.2 Å². The lowest BCUT2D eigenvalue weighted by molar-refractivity contribution is 0.0773. The molecule has 1 aromatic heterocycles. The quantitative estimate of drug-likeness (QED) is 0.787. The largest absolute Gasteiger partial charge is 0.335 e. The maximum Gasteiger partial charge on any atom is 0.254 e. The van der Waals surface area contributed by atoms with E-state index in [4.69, 9.17) is 0 Å². The summed E-state index contributed by atoms with van der Waals surface area (Å²) >= 11 is 0. The lowest BCUT2D eigenvalue weighted by atomic mass is 9.99. The highest BCUT2D eigenvalue weighted by Crippen LogP contribution is 2.24. The van der Waals surface area contributed by atoms with Gasteiger partial charge in [-0.1, -0.05) is 30.3 Å². The highest BCUT2D eigenvalue weighted by molar-refractivity contribution is 5.95. The fraction of sp³-hybridized carbons (Fsp3) is 0.150. The molecule has 0 spiro atoms. The van der Waals surface area contributed by atoms with Crippen LogP contribution in [-0.4, -0.2) is 39.1 Å². The molecule has 0 unspecified atom stereocenters. The predicted octanol–water partition coefficient (Wildman–Crippen LogP) is 3.54. The number of benzene rings is 2. The van der Waals surface area contributed by atoms with E-state index < -0.39 is 0 Å². The number of aromatic nitrogens is 3. The number of nitrogens with one attached hydrogen (secondary N) is 1. The third kappa shape index (κ3) is 3.26. The molecule has 26 heavy (non-hydrogen) atoms. The van der Waals surface area contributed by atoms with Crippen molar-refractivity contribution in [2.24, 2.45) is 0 Å². The molecule has 4 rings (SSSR count). The van der Waals surface area contributed by atoms with E-state index in [0.717, 1.165) is 23.1 Å². The number of H-pyrrole nitrogens is 1. The summed E-state index contributed by atoms with van der Waals surface area (Å²) in [6.07, 6.45) is 4.23. The van der Waals surface area contributed by atoms with E-state index in [1.165, 1.54) is 18.5 Å². The number of aromatic amines is 1. The lowest BCUT2D eigenvalue weighted by Crippen LogP contribution is -2.34. The normalized spacial score (nSPS) is 14.2. The first kappa shape index (κ1) is 16.2. The van der Waals surface area contributed by atoms with Crippen molar-refractivity contribution in [3.05, 3.63) is 77.9 Å². The SMILES string of the molecule is O=C(c1cccc(-c2ncn[nH]2)c1)N1CC=C(c2ccc(F)cc2)CC1. The van der Waals surface area contributed by atoms with Crippen LogP contribution in [0.1, 0.15) is 22.3 Å². The average Bonchev–Trinajstić information content (AvgIpc) is 3.23. The van der Waals surface area contributed by atoms with E-state index in [-0.39, 0.29) is 11.7 Å². The molecule has 2 heterocycles. The standard InChI is InChI=1S/C20H17FN4O/c21-18-6-4-14(5-7-18)15-8-10-25(11-9-15)20(26)17-3-1-2-16(12-17)19-22-13-23-24-19/h1-8,12-13H,9-11H2,(H,22,23,24). The van der Waals surface area contributed by atoms with Crippen LogP contribution in [-0.2, 0) is 0 Å². The molecule has 1 aliphatic rings. The summed E-state index contributed by atoms with van der Waals surface area (Å²) < 4.78 is 13.1. The van der Waals surface area contributed by atoms with Crippen LogP contribution in [0.3, 0.4) is 0 Å². The molecule has 0 radical (unpaired) electrons. The van der Waals surface area contributed by atoms with E-state index in [1.807, 2.05) is 29.2 Å². The molecule has 0 saturated carbocycles. The fourth-order valence-electron chi connectivity index (χ4n) is 3.11. The number of amides is 1. The Labute approximate surface area is 150 Å². The van der Waals surface area contributed by atoms with Crippen molar-refractivity contribution in [1.29, 1.82) is 0 Å². The van der Waals surface area contributed by atoms with Gasteiger partial charge in [0.25, 0.3) is 5.91 Å². The zero-order valence-electron chi connectivity index (χ0n) is 14.0. The van der Waals surface area contributed by atoms with Crippen LogP contribution in [0.15, 0.2) is 60.9 Å². The Bertz CT molecular complexity index is 948. The first-order valence-corrected chi connectivity index (χ1v) is 8.41. The van der Waals surface area contributed by atoms with Gasteiger partial charge in [-0.2, -0.15) is 5.10 Å². The molecule has 130 valence electrons. The maximum atomic E-state index is 13.1. The lowest BCUT2D eigenvalue weighted by Gasteiger charge is -2.27. The molecule has 0 bridgehead atoms. The van der Waals surface area contributed by atoms with Crippen LogP contribution in [0, 0.1) is 5.82 Å². The second-order valence-corrected chi connectivity index (χ2v) is 6.15. The molecule has 1 N–H and O–H groups in total. The number of hydrogen-bond acceptors (Lipinski definition) is 3. The number of halogens is 1. The third-order valence-corrected chi connectivity index (χ3v) is 4.51. The summed E-state index contributed by atoms with van der Waals surface area (Å²) in [6, 6.07) is 13.8. The van der Waals surface area contributed by atoms with Crippen LogP contribution in [0.25, 0.3) is 17.0 Å². The summed E-state index contributed by atoms with van der Waals surface area (Å²) in [5.41, 5.74) is 3.60. The van der Waals surface area contributed by atoms with Crippen molar-refractivity contribution in [2.45, 2.75) is 6.42 Å². The molecule has 0 aliphatic carbocycles. The zero-order chi connectivity index (χ0) is 17.9. The van der Waals surface area contributed by atoms with E-state index in [1.54, 1.807) is 18.2 Å². The molecule has 5 nitrogen and oxygen atoms in total. The van der Waals surface area contributed by atoms with Crippen LogP contribution in [0.4, 0.5) is 4.39 Å². The van der Waals surface area contributed by atoms with Gasteiger partial charge in [-0.25, -0.2) is 9.37 Å². The van der Waals surface area contributed by atoms with Crippen LogP contribution in [0.5, 0.6) is 0 Å². The average molecular weight is 348 g/mol. The highest BCUT2D eigenvalue weighted by Gasteiger charge is 2.20. The third-order valence-electron chi connectivity index (χ3n) is 4.51. The van der Waals surface area contributed by atoms with Crippen LogP contribution < -0.4 is 0 Å². The zero-order valence-corrected chi connectivity index (χ0v) is 14.0. The summed E-state index contributed by atoms with van der Waals surface area (Å²) in [5, 5.41) is 6.65. The minimum atomic E-state index is -0.242. The van der Waals surface area contributed by atoms with Gasteiger partial charge in [-0.15, -0.1) is 0 Å². The Hall–Kier alpha value is -3.28. The second-order valence-electron chi connectivity index (χ2n) is 6.15. The van der Waals surface area contributed by atoms with Crippen molar-refractivity contribution < 1.29 is 9.18 Å². The maximum absolute atomic E-state index is 13.1. The molecule has 1 aliphatic heterocycles. The summed E-state index contributed by atoms with van der Waals surface area (Å²) in [6.45, 7) is 1.17. The van der Waals surface area contributed by atoms with Crippen molar-refractivity contribution >= 4 is 11.5 Å². The first-order chi connectivity index (χ1) is 12.7. The van der Waals surface area contributed by atoms with Crippen LogP contribution in [0.2, 0.25) is 0 Å². The van der Waals surface area contributed by atoms with Gasteiger partial charge < -0.3 is 4.90 Å². The second kappa shape index (κ2) is 6.92. The first-order valence-electron chi connectivity index (χ1n) is 8.41. The van der Waals surface area contributed by atoms with Gasteiger partial charge in [0.2, 0.25) is 0 Å². The number of carbonyl (C=O) groups excluding carboxylic acids is 1. The number of nitrogens with zero attached hydrogens (tertiary/aromatic N) is 3. The summed E-state index contributed by atoms with van der Waals surface area (Å²) in [5.74, 6) is 0.381. The Morgan fingerprint density at radius 2 is 1.96 bits per heavy atom. The topological polar surface area (TPSA) is 61.9 Å². The van der Waals surface area contributed by atoms with E-state index in [9.17, 15) is 9.18 Å². The number of rotatable bonds is 3. The van der Waals surface area contributed by atoms with Gasteiger partial charge in [0.15, 0.2) is 5.82 Å². The van der Waals surface area contributed by atoms with Gasteiger partial charge in [0.05, 0.1) is 0 Å². The van der Waals surface area contributed by atoms with Gasteiger partial charge in [-0.3, -0.25) is 9.89 Å². The molecule has 0 atom stereocenters. The van der Waals surface area contributed by atoms with Crippen molar-refractivity contribution in [3.63, 3.8) is 0 Å². The molecule has 0 saturated heterocycles. The van der Waals surface area contributed by atoms with Crippen molar-refractivity contribution in [1.82, 2.24) is 20.1 Å². The van der Waals surface area contributed by atoms with E-state index >= 15 is 0 Å². The summed E-state index contributed by atoms with van der Waals surface area (Å²) in [7, 11) is 0. The predicted molar refractivity (Wildman–Crippen MR) is 96.7 cm³/mol. The molecular weight excluding hydrogens is 331 g/mol. The fourth-order valence-corrected chi connectivity index (χ4v) is 3.11. The summed E-state index contributed by atoms with van der Waals surface area (Å²) in [4.78, 5) is 18.7. The Kier molecular flexibility index (Phi) is 4.31. The Morgan fingerprint density at radius 3 is 2.65 bits per heavy atom.